The van der Waals surface area contributed by atoms with Gasteiger partial charge in [-0.25, -0.2) is 8.78 Å². The zero-order valence-corrected chi connectivity index (χ0v) is 8.98. The molecule has 1 nitrogen and oxygen atoms in total. The van der Waals surface area contributed by atoms with Crippen molar-refractivity contribution in [2.24, 2.45) is 5.73 Å². The topological polar surface area (TPSA) is 26.0 Å². The molecule has 15 heavy (non-hydrogen) atoms. The molecule has 0 radical (unpaired) electrons. The molecule has 82 valence electrons. The molecule has 0 spiro atoms. The molecule has 0 amide bonds. The minimum atomic E-state index is -0.514. The molecule has 1 fully saturated rings. The van der Waals surface area contributed by atoms with E-state index in [-0.39, 0.29) is 11.5 Å². The number of hydrogen-bond acceptors (Lipinski definition) is 1. The third-order valence-corrected chi connectivity index (χ3v) is 3.51. The van der Waals surface area contributed by atoms with Crippen molar-refractivity contribution in [3.05, 3.63) is 34.9 Å². The zero-order valence-electron chi connectivity index (χ0n) is 8.98. The van der Waals surface area contributed by atoms with E-state index in [0.29, 0.717) is 5.56 Å². The number of halogens is 2. The van der Waals surface area contributed by atoms with Crippen molar-refractivity contribution < 1.29 is 8.78 Å². The first-order valence-corrected chi connectivity index (χ1v) is 5.19. The molecule has 1 saturated carbocycles. The summed E-state index contributed by atoms with van der Waals surface area (Å²) in [6.07, 6.45) is 1.85. The van der Waals surface area contributed by atoms with Crippen molar-refractivity contribution >= 4 is 0 Å². The Kier molecular flexibility index (Phi) is 2.30. The van der Waals surface area contributed by atoms with Crippen LogP contribution in [0.3, 0.4) is 0 Å². The van der Waals surface area contributed by atoms with E-state index in [9.17, 15) is 8.78 Å². The van der Waals surface area contributed by atoms with E-state index >= 15 is 0 Å². The lowest BCUT2D eigenvalue weighted by atomic mass is 9.86. The minimum Gasteiger partial charge on any atom is -0.327 e. The van der Waals surface area contributed by atoms with Gasteiger partial charge in [-0.1, -0.05) is 0 Å². The Bertz CT molecular complexity index is 395. The number of hydrogen-bond donors (Lipinski definition) is 1. The molecule has 0 saturated heterocycles. The van der Waals surface area contributed by atoms with Crippen LogP contribution in [0.5, 0.6) is 0 Å². The quantitative estimate of drug-likeness (QED) is 0.799. The molecule has 1 aliphatic rings. The van der Waals surface area contributed by atoms with Gasteiger partial charge in [-0.2, -0.15) is 0 Å². The summed E-state index contributed by atoms with van der Waals surface area (Å²) in [7, 11) is 0. The maximum absolute atomic E-state index is 13.4. The highest BCUT2D eigenvalue weighted by Gasteiger charge is 2.48. The smallest absolute Gasteiger partial charge is 0.129 e. The Morgan fingerprint density at radius 2 is 1.93 bits per heavy atom. The first-order chi connectivity index (χ1) is 6.97. The molecule has 0 bridgehead atoms. The molecule has 1 aromatic rings. The van der Waals surface area contributed by atoms with Gasteiger partial charge in [0, 0.05) is 17.5 Å². The van der Waals surface area contributed by atoms with E-state index in [1.165, 1.54) is 6.07 Å². The number of benzene rings is 1. The summed E-state index contributed by atoms with van der Waals surface area (Å²) in [5.41, 5.74) is 6.98. The molecule has 0 aromatic heterocycles. The molecular weight excluding hydrogens is 196 g/mol. The van der Waals surface area contributed by atoms with E-state index in [4.69, 9.17) is 5.73 Å². The van der Waals surface area contributed by atoms with Gasteiger partial charge in [0.25, 0.3) is 0 Å². The Balaban J connectivity index is 2.53. The summed E-state index contributed by atoms with van der Waals surface area (Å²) in [5.74, 6) is -0.989. The average molecular weight is 211 g/mol. The van der Waals surface area contributed by atoms with Crippen LogP contribution in [0, 0.1) is 18.6 Å². The summed E-state index contributed by atoms with van der Waals surface area (Å²) in [6, 6.07) is 2.29. The van der Waals surface area contributed by atoms with Crippen LogP contribution < -0.4 is 5.73 Å². The Labute approximate surface area is 88.3 Å². The largest absolute Gasteiger partial charge is 0.327 e. The van der Waals surface area contributed by atoms with E-state index in [1.807, 2.05) is 6.92 Å². The van der Waals surface area contributed by atoms with Crippen LogP contribution in [0.4, 0.5) is 8.78 Å². The molecule has 1 aromatic carbocycles. The second-order valence-corrected chi connectivity index (χ2v) is 4.50. The number of rotatable bonds is 2. The lowest BCUT2D eigenvalue weighted by Crippen LogP contribution is -2.32. The standard InChI is InChI=1S/C12H15F2N/c1-7-10(5-9(13)6-11(7)14)12(3-4-12)8(2)15/h5-6,8H,3-4,15H2,1-2H3. The molecular formula is C12H15F2N. The van der Waals surface area contributed by atoms with Crippen LogP contribution in [0.25, 0.3) is 0 Å². The van der Waals surface area contributed by atoms with Gasteiger partial charge in [0.05, 0.1) is 0 Å². The van der Waals surface area contributed by atoms with Crippen molar-refractivity contribution in [1.29, 1.82) is 0 Å². The molecule has 0 aliphatic heterocycles. The average Bonchev–Trinajstić information content (AvgIpc) is 2.91. The fourth-order valence-corrected chi connectivity index (χ4v) is 2.27. The summed E-state index contributed by atoms with van der Waals surface area (Å²) in [4.78, 5) is 0. The molecule has 1 atom stereocenters. The van der Waals surface area contributed by atoms with Gasteiger partial charge in [-0.15, -0.1) is 0 Å². The van der Waals surface area contributed by atoms with Crippen LogP contribution in [0.1, 0.15) is 30.9 Å². The van der Waals surface area contributed by atoms with Crippen molar-refractivity contribution in [1.82, 2.24) is 0 Å². The van der Waals surface area contributed by atoms with Crippen molar-refractivity contribution in [2.75, 3.05) is 0 Å². The lowest BCUT2D eigenvalue weighted by molar-refractivity contribution is 0.526. The van der Waals surface area contributed by atoms with Crippen molar-refractivity contribution in [3.63, 3.8) is 0 Å². The minimum absolute atomic E-state index is 0.0580. The van der Waals surface area contributed by atoms with E-state index in [0.717, 1.165) is 24.5 Å². The second-order valence-electron chi connectivity index (χ2n) is 4.50. The van der Waals surface area contributed by atoms with Crippen molar-refractivity contribution in [3.8, 4) is 0 Å². The summed E-state index contributed by atoms with van der Waals surface area (Å²) < 4.78 is 26.5. The fraction of sp³-hybridized carbons (Fsp3) is 0.500. The number of nitrogens with two attached hydrogens (primary N) is 1. The summed E-state index contributed by atoms with van der Waals surface area (Å²) in [6.45, 7) is 3.59. The van der Waals surface area contributed by atoms with E-state index < -0.39 is 11.6 Å². The molecule has 3 heteroatoms. The first kappa shape index (κ1) is 10.6. The van der Waals surface area contributed by atoms with Gasteiger partial charge in [-0.05, 0) is 43.9 Å². The third kappa shape index (κ3) is 1.55. The van der Waals surface area contributed by atoms with Gasteiger partial charge in [0.15, 0.2) is 0 Å². The summed E-state index contributed by atoms with van der Waals surface area (Å²) in [5, 5.41) is 0. The van der Waals surface area contributed by atoms with E-state index in [2.05, 4.69) is 0 Å². The van der Waals surface area contributed by atoms with Gasteiger partial charge >= 0.3 is 0 Å². The van der Waals surface area contributed by atoms with Crippen LogP contribution in [0.2, 0.25) is 0 Å². The van der Waals surface area contributed by atoms with Crippen molar-refractivity contribution in [2.45, 2.75) is 38.1 Å². The molecule has 1 aliphatic carbocycles. The SMILES string of the molecule is Cc1c(F)cc(F)cc1C1(C(C)N)CC1. The fourth-order valence-electron chi connectivity index (χ4n) is 2.27. The normalized spacial score (nSPS) is 20.1. The Hall–Kier alpha value is -0.960. The second kappa shape index (κ2) is 3.27. The molecule has 1 unspecified atom stereocenters. The van der Waals surface area contributed by atoms with Crippen LogP contribution >= 0.6 is 0 Å². The van der Waals surface area contributed by atoms with Crippen LogP contribution in [0.15, 0.2) is 12.1 Å². The third-order valence-electron chi connectivity index (χ3n) is 3.51. The van der Waals surface area contributed by atoms with Crippen LogP contribution in [-0.2, 0) is 5.41 Å². The Morgan fingerprint density at radius 1 is 1.33 bits per heavy atom. The highest BCUT2D eigenvalue weighted by atomic mass is 19.1. The highest BCUT2D eigenvalue weighted by Crippen LogP contribution is 2.51. The van der Waals surface area contributed by atoms with Gasteiger partial charge in [-0.3, -0.25) is 0 Å². The monoisotopic (exact) mass is 211 g/mol. The molecule has 2 N–H and O–H groups in total. The maximum Gasteiger partial charge on any atom is 0.129 e. The summed E-state index contributed by atoms with van der Waals surface area (Å²) >= 11 is 0. The molecule has 2 rings (SSSR count). The first-order valence-electron chi connectivity index (χ1n) is 5.19. The maximum atomic E-state index is 13.4. The highest BCUT2D eigenvalue weighted by molar-refractivity contribution is 5.40. The van der Waals surface area contributed by atoms with Gasteiger partial charge in [0.1, 0.15) is 11.6 Å². The van der Waals surface area contributed by atoms with Crippen LogP contribution in [-0.4, -0.2) is 6.04 Å². The zero-order chi connectivity index (χ0) is 11.2. The predicted molar refractivity (Wildman–Crippen MR) is 55.7 cm³/mol. The molecule has 0 heterocycles. The Morgan fingerprint density at radius 3 is 2.40 bits per heavy atom. The van der Waals surface area contributed by atoms with Gasteiger partial charge < -0.3 is 5.73 Å². The predicted octanol–water partition coefficient (Wildman–Crippen LogP) is 2.65. The van der Waals surface area contributed by atoms with E-state index in [1.54, 1.807) is 6.92 Å². The lowest BCUT2D eigenvalue weighted by Gasteiger charge is -2.22. The van der Waals surface area contributed by atoms with Gasteiger partial charge in [0.2, 0.25) is 0 Å².